The van der Waals surface area contributed by atoms with Gasteiger partial charge in [0.1, 0.15) is 0 Å². The number of benzene rings is 2. The number of carbonyl (C=O) groups excluding carboxylic acids is 1. The zero-order valence-corrected chi connectivity index (χ0v) is 13.5. The van der Waals surface area contributed by atoms with Gasteiger partial charge in [-0.3, -0.25) is 14.9 Å². The summed E-state index contributed by atoms with van der Waals surface area (Å²) in [5, 5.41) is 13.5. The Labute approximate surface area is 148 Å². The summed E-state index contributed by atoms with van der Waals surface area (Å²) in [6, 6.07) is 15.3. The molecule has 1 aromatic heterocycles. The molecule has 0 aliphatic carbocycles. The molecule has 3 aromatic rings. The number of hydrogen-bond acceptors (Lipinski definition) is 6. The minimum Gasteiger partial charge on any atom is -0.477 e. The Kier molecular flexibility index (Phi) is 5.14. The van der Waals surface area contributed by atoms with Crippen molar-refractivity contribution in [3.8, 4) is 17.1 Å². The molecule has 2 aromatic carbocycles. The fourth-order valence-corrected chi connectivity index (χ4v) is 2.20. The summed E-state index contributed by atoms with van der Waals surface area (Å²) >= 11 is 0. The Bertz CT molecular complexity index is 914. The van der Waals surface area contributed by atoms with E-state index in [0.29, 0.717) is 11.5 Å². The second kappa shape index (κ2) is 7.84. The normalized spacial score (nSPS) is 10.2. The predicted octanol–water partition coefficient (Wildman–Crippen LogP) is 3.07. The van der Waals surface area contributed by atoms with E-state index in [9.17, 15) is 14.9 Å². The predicted molar refractivity (Wildman–Crippen MR) is 94.7 cm³/mol. The summed E-state index contributed by atoms with van der Waals surface area (Å²) in [4.78, 5) is 30.7. The van der Waals surface area contributed by atoms with Crippen molar-refractivity contribution in [2.45, 2.75) is 0 Å². The maximum Gasteiger partial charge on any atom is 0.310 e. The van der Waals surface area contributed by atoms with E-state index in [0.717, 1.165) is 5.56 Å². The van der Waals surface area contributed by atoms with E-state index < -0.39 is 10.8 Å². The average molecular weight is 350 g/mol. The van der Waals surface area contributed by atoms with Crippen molar-refractivity contribution in [1.82, 2.24) is 9.97 Å². The summed E-state index contributed by atoms with van der Waals surface area (Å²) in [6.07, 6.45) is 2.97. The van der Waals surface area contributed by atoms with Crippen LogP contribution in [0, 0.1) is 10.1 Å². The van der Waals surface area contributed by atoms with E-state index in [1.54, 1.807) is 6.07 Å². The van der Waals surface area contributed by atoms with E-state index in [2.05, 4.69) is 15.3 Å². The van der Waals surface area contributed by atoms with Crippen molar-refractivity contribution in [2.75, 3.05) is 11.9 Å². The molecule has 0 aliphatic rings. The number of nitro groups is 1. The van der Waals surface area contributed by atoms with Crippen LogP contribution in [0.3, 0.4) is 0 Å². The van der Waals surface area contributed by atoms with Gasteiger partial charge in [0.25, 0.3) is 5.91 Å². The molecule has 8 nitrogen and oxygen atoms in total. The summed E-state index contributed by atoms with van der Waals surface area (Å²) in [5.74, 6) is 0.0993. The van der Waals surface area contributed by atoms with Gasteiger partial charge in [-0.15, -0.1) is 0 Å². The molecule has 0 spiro atoms. The smallest absolute Gasteiger partial charge is 0.310 e. The molecule has 0 saturated heterocycles. The molecular formula is C18H14N4O4. The Morgan fingerprint density at radius 2 is 1.69 bits per heavy atom. The SMILES string of the molecule is O=C(COc1ccccc1[N+](=O)[O-])Nc1cnc(-c2ccccc2)nc1. The molecule has 0 saturated carbocycles. The van der Waals surface area contributed by atoms with Crippen LogP contribution in [-0.2, 0) is 4.79 Å². The Balaban J connectivity index is 1.60. The van der Waals surface area contributed by atoms with Gasteiger partial charge in [-0.05, 0) is 6.07 Å². The number of aromatic nitrogens is 2. The van der Waals surface area contributed by atoms with Crippen molar-refractivity contribution >= 4 is 17.3 Å². The van der Waals surface area contributed by atoms with Crippen LogP contribution in [0.2, 0.25) is 0 Å². The van der Waals surface area contributed by atoms with Gasteiger partial charge in [-0.25, -0.2) is 9.97 Å². The molecule has 1 amide bonds. The van der Waals surface area contributed by atoms with Crippen molar-refractivity contribution in [2.24, 2.45) is 0 Å². The quantitative estimate of drug-likeness (QED) is 0.541. The number of nitrogens with one attached hydrogen (secondary N) is 1. The second-order valence-corrected chi connectivity index (χ2v) is 5.22. The third-order valence-electron chi connectivity index (χ3n) is 3.39. The first-order valence-electron chi connectivity index (χ1n) is 7.67. The van der Waals surface area contributed by atoms with Gasteiger partial charge < -0.3 is 10.1 Å². The summed E-state index contributed by atoms with van der Waals surface area (Å²) in [7, 11) is 0. The van der Waals surface area contributed by atoms with Gasteiger partial charge in [0.15, 0.2) is 18.2 Å². The second-order valence-electron chi connectivity index (χ2n) is 5.22. The van der Waals surface area contributed by atoms with Crippen LogP contribution in [0.25, 0.3) is 11.4 Å². The average Bonchev–Trinajstić information content (AvgIpc) is 2.68. The molecule has 130 valence electrons. The van der Waals surface area contributed by atoms with Crippen molar-refractivity contribution < 1.29 is 14.5 Å². The fraction of sp³-hybridized carbons (Fsp3) is 0.0556. The van der Waals surface area contributed by atoms with Gasteiger partial charge in [0.05, 0.1) is 23.0 Å². The lowest BCUT2D eigenvalue weighted by atomic mass is 10.2. The van der Waals surface area contributed by atoms with Crippen LogP contribution in [-0.4, -0.2) is 27.4 Å². The molecule has 26 heavy (non-hydrogen) atoms. The Hall–Kier alpha value is -3.81. The number of rotatable bonds is 6. The number of carbonyl (C=O) groups is 1. The summed E-state index contributed by atoms with van der Waals surface area (Å²) in [5.41, 5.74) is 1.07. The highest BCUT2D eigenvalue weighted by atomic mass is 16.6. The minimum absolute atomic E-state index is 0.0309. The number of anilines is 1. The van der Waals surface area contributed by atoms with Crippen molar-refractivity contribution in [3.05, 3.63) is 77.1 Å². The summed E-state index contributed by atoms with van der Waals surface area (Å²) in [6.45, 7) is -0.370. The Morgan fingerprint density at radius 3 is 2.38 bits per heavy atom. The molecule has 8 heteroatoms. The highest BCUT2D eigenvalue weighted by Crippen LogP contribution is 2.25. The highest BCUT2D eigenvalue weighted by Gasteiger charge is 2.15. The first kappa shape index (κ1) is 17.0. The third-order valence-corrected chi connectivity index (χ3v) is 3.39. The van der Waals surface area contributed by atoms with Gasteiger partial charge >= 0.3 is 5.69 Å². The molecule has 1 N–H and O–H groups in total. The molecule has 0 aliphatic heterocycles. The first-order chi connectivity index (χ1) is 12.6. The maximum atomic E-state index is 12.0. The third kappa shape index (κ3) is 4.18. The molecule has 3 rings (SSSR count). The molecule has 0 unspecified atom stereocenters. The van der Waals surface area contributed by atoms with Crippen LogP contribution in [0.5, 0.6) is 5.75 Å². The van der Waals surface area contributed by atoms with Gasteiger partial charge in [-0.1, -0.05) is 42.5 Å². The van der Waals surface area contributed by atoms with Crippen LogP contribution >= 0.6 is 0 Å². The zero-order chi connectivity index (χ0) is 18.4. The van der Waals surface area contributed by atoms with Crippen molar-refractivity contribution in [1.29, 1.82) is 0 Å². The van der Waals surface area contributed by atoms with E-state index in [1.807, 2.05) is 30.3 Å². The molecule has 0 fully saturated rings. The largest absolute Gasteiger partial charge is 0.477 e. The van der Waals surface area contributed by atoms with Gasteiger partial charge in [0.2, 0.25) is 0 Å². The number of hydrogen-bond donors (Lipinski definition) is 1. The lowest BCUT2D eigenvalue weighted by Crippen LogP contribution is -2.20. The van der Waals surface area contributed by atoms with Crippen LogP contribution in [0.1, 0.15) is 0 Å². The minimum atomic E-state index is -0.566. The summed E-state index contributed by atoms with van der Waals surface area (Å²) < 4.78 is 5.23. The number of nitro benzene ring substituents is 1. The highest BCUT2D eigenvalue weighted by molar-refractivity contribution is 5.91. The lowest BCUT2D eigenvalue weighted by molar-refractivity contribution is -0.385. The van der Waals surface area contributed by atoms with E-state index in [1.165, 1.54) is 30.6 Å². The lowest BCUT2D eigenvalue weighted by Gasteiger charge is -2.08. The molecule has 0 atom stereocenters. The molecule has 1 heterocycles. The zero-order valence-electron chi connectivity index (χ0n) is 13.5. The van der Waals surface area contributed by atoms with Crippen LogP contribution in [0.15, 0.2) is 67.0 Å². The first-order valence-corrected chi connectivity index (χ1v) is 7.67. The monoisotopic (exact) mass is 350 g/mol. The maximum absolute atomic E-state index is 12.0. The standard InChI is InChI=1S/C18H14N4O4/c23-17(12-26-16-9-5-4-8-15(16)22(24)25)21-14-10-19-18(20-11-14)13-6-2-1-3-7-13/h1-11H,12H2,(H,21,23). The van der Waals surface area contributed by atoms with Gasteiger partial charge in [-0.2, -0.15) is 0 Å². The Morgan fingerprint density at radius 1 is 1.04 bits per heavy atom. The number of para-hydroxylation sites is 2. The van der Waals surface area contributed by atoms with Crippen LogP contribution < -0.4 is 10.1 Å². The fourth-order valence-electron chi connectivity index (χ4n) is 2.20. The van der Waals surface area contributed by atoms with Crippen molar-refractivity contribution in [3.63, 3.8) is 0 Å². The molecule has 0 radical (unpaired) electrons. The molecule has 0 bridgehead atoms. The van der Waals surface area contributed by atoms with E-state index >= 15 is 0 Å². The number of amides is 1. The van der Waals surface area contributed by atoms with E-state index in [4.69, 9.17) is 4.74 Å². The van der Waals surface area contributed by atoms with E-state index in [-0.39, 0.29) is 18.0 Å². The number of ether oxygens (including phenoxy) is 1. The van der Waals surface area contributed by atoms with Crippen LogP contribution in [0.4, 0.5) is 11.4 Å². The van der Waals surface area contributed by atoms with Gasteiger partial charge in [0, 0.05) is 11.6 Å². The topological polar surface area (TPSA) is 107 Å². The molecular weight excluding hydrogens is 336 g/mol. The number of nitrogens with zero attached hydrogens (tertiary/aromatic N) is 3.